The molecule has 1 aromatic heterocycles. The molecule has 0 aliphatic carbocycles. The van der Waals surface area contributed by atoms with E-state index in [9.17, 15) is 4.79 Å². The standard InChI is InChI=1S/C26H34N4O4/c1-16(2)15-34-22-11-9-18(26(4,5)6)13-20(22)27-25(31)24-17(3)30(29-28-24)21-14-19(32-7)10-12-23(21)33-8/h9-14,16H,15H2,1-8H3,(H,27,31). The first-order chi connectivity index (χ1) is 16.0. The number of methoxy groups -OCH3 is 2. The van der Waals surface area contributed by atoms with Gasteiger partial charge in [0, 0.05) is 6.07 Å². The molecule has 0 atom stereocenters. The average Bonchev–Trinajstić information content (AvgIpc) is 3.18. The lowest BCUT2D eigenvalue weighted by molar-refractivity contribution is 0.102. The Morgan fingerprint density at radius 1 is 1.06 bits per heavy atom. The van der Waals surface area contributed by atoms with Gasteiger partial charge in [-0.15, -0.1) is 5.10 Å². The highest BCUT2D eigenvalue weighted by molar-refractivity contribution is 6.04. The van der Waals surface area contributed by atoms with E-state index in [0.29, 0.717) is 46.8 Å². The molecule has 8 heteroatoms. The van der Waals surface area contributed by atoms with Crippen LogP contribution in [0.25, 0.3) is 5.69 Å². The first-order valence-electron chi connectivity index (χ1n) is 11.3. The quantitative estimate of drug-likeness (QED) is 0.492. The number of carbonyl (C=O) groups excluding carboxylic acids is 1. The van der Waals surface area contributed by atoms with E-state index in [2.05, 4.69) is 50.2 Å². The summed E-state index contributed by atoms with van der Waals surface area (Å²) in [6.07, 6.45) is 0. The molecular weight excluding hydrogens is 432 g/mol. The lowest BCUT2D eigenvalue weighted by atomic mass is 9.87. The molecule has 0 spiro atoms. The summed E-state index contributed by atoms with van der Waals surface area (Å²) in [6.45, 7) is 12.9. The number of aromatic nitrogens is 3. The van der Waals surface area contributed by atoms with Gasteiger partial charge in [0.1, 0.15) is 22.9 Å². The third-order valence-electron chi connectivity index (χ3n) is 5.39. The van der Waals surface area contributed by atoms with E-state index >= 15 is 0 Å². The van der Waals surface area contributed by atoms with Crippen LogP contribution in [0.5, 0.6) is 17.2 Å². The maximum absolute atomic E-state index is 13.3. The van der Waals surface area contributed by atoms with Crippen LogP contribution in [0.15, 0.2) is 36.4 Å². The lowest BCUT2D eigenvalue weighted by Gasteiger charge is -2.22. The number of anilines is 1. The van der Waals surface area contributed by atoms with E-state index in [4.69, 9.17) is 14.2 Å². The summed E-state index contributed by atoms with van der Waals surface area (Å²) in [4.78, 5) is 13.3. The summed E-state index contributed by atoms with van der Waals surface area (Å²) in [7, 11) is 3.16. The number of carbonyl (C=O) groups is 1. The Morgan fingerprint density at radius 3 is 2.38 bits per heavy atom. The van der Waals surface area contributed by atoms with Crippen molar-refractivity contribution in [3.05, 3.63) is 53.3 Å². The smallest absolute Gasteiger partial charge is 0.278 e. The predicted octanol–water partition coefficient (Wildman–Crippen LogP) is 5.18. The van der Waals surface area contributed by atoms with Gasteiger partial charge in [0.15, 0.2) is 5.69 Å². The molecule has 1 N–H and O–H groups in total. The second-order valence-corrected chi connectivity index (χ2v) is 9.59. The van der Waals surface area contributed by atoms with Crippen molar-refractivity contribution in [3.8, 4) is 22.9 Å². The molecule has 1 heterocycles. The third-order valence-corrected chi connectivity index (χ3v) is 5.39. The summed E-state index contributed by atoms with van der Waals surface area (Å²) in [6, 6.07) is 11.3. The summed E-state index contributed by atoms with van der Waals surface area (Å²) in [5, 5.41) is 11.4. The molecular formula is C26H34N4O4. The van der Waals surface area contributed by atoms with Crippen molar-refractivity contribution in [2.75, 3.05) is 26.1 Å². The van der Waals surface area contributed by atoms with Gasteiger partial charge in [0.05, 0.1) is 32.2 Å². The fourth-order valence-corrected chi connectivity index (χ4v) is 3.39. The van der Waals surface area contributed by atoms with E-state index < -0.39 is 0 Å². The van der Waals surface area contributed by atoms with Gasteiger partial charge in [0.25, 0.3) is 5.91 Å². The zero-order valence-corrected chi connectivity index (χ0v) is 21.2. The number of rotatable bonds is 8. The number of nitrogens with zero attached hydrogens (tertiary/aromatic N) is 3. The van der Waals surface area contributed by atoms with Gasteiger partial charge < -0.3 is 19.5 Å². The fourth-order valence-electron chi connectivity index (χ4n) is 3.39. The van der Waals surface area contributed by atoms with Crippen molar-refractivity contribution in [2.24, 2.45) is 5.92 Å². The molecule has 0 fully saturated rings. The van der Waals surface area contributed by atoms with Crippen LogP contribution < -0.4 is 19.5 Å². The van der Waals surface area contributed by atoms with Crippen molar-refractivity contribution in [3.63, 3.8) is 0 Å². The Balaban J connectivity index is 1.96. The zero-order valence-electron chi connectivity index (χ0n) is 21.2. The Bertz CT molecular complexity index is 1160. The molecule has 8 nitrogen and oxygen atoms in total. The molecule has 2 aromatic carbocycles. The highest BCUT2D eigenvalue weighted by Gasteiger charge is 2.22. The molecule has 3 aromatic rings. The molecule has 34 heavy (non-hydrogen) atoms. The molecule has 0 bridgehead atoms. The molecule has 0 aliphatic rings. The Hall–Kier alpha value is -3.55. The maximum Gasteiger partial charge on any atom is 0.278 e. The Morgan fingerprint density at radius 2 is 1.76 bits per heavy atom. The predicted molar refractivity (Wildman–Crippen MR) is 133 cm³/mol. The first kappa shape index (κ1) is 25.1. The summed E-state index contributed by atoms with van der Waals surface area (Å²) in [5.74, 6) is 1.83. The largest absolute Gasteiger partial charge is 0.497 e. The van der Waals surface area contributed by atoms with Crippen LogP contribution in [0.1, 0.15) is 56.4 Å². The van der Waals surface area contributed by atoms with Gasteiger partial charge in [-0.05, 0) is 48.1 Å². The minimum Gasteiger partial charge on any atom is -0.497 e. The summed E-state index contributed by atoms with van der Waals surface area (Å²) >= 11 is 0. The van der Waals surface area contributed by atoms with Crippen LogP contribution in [0.4, 0.5) is 5.69 Å². The topological polar surface area (TPSA) is 87.5 Å². The fraction of sp³-hybridized carbons (Fsp3) is 0.423. The van der Waals surface area contributed by atoms with Crippen molar-refractivity contribution in [1.29, 1.82) is 0 Å². The number of nitrogens with one attached hydrogen (secondary N) is 1. The molecule has 182 valence electrons. The number of amides is 1. The van der Waals surface area contributed by atoms with E-state index in [1.165, 1.54) is 0 Å². The van der Waals surface area contributed by atoms with Gasteiger partial charge in [-0.1, -0.05) is 45.9 Å². The minimum absolute atomic E-state index is 0.0853. The van der Waals surface area contributed by atoms with E-state index in [-0.39, 0.29) is 17.0 Å². The normalized spacial score (nSPS) is 11.4. The first-order valence-corrected chi connectivity index (χ1v) is 11.3. The average molecular weight is 467 g/mol. The molecule has 3 rings (SSSR count). The van der Waals surface area contributed by atoms with Crippen LogP contribution in [0.3, 0.4) is 0 Å². The zero-order chi connectivity index (χ0) is 25.0. The van der Waals surface area contributed by atoms with Crippen molar-refractivity contribution in [1.82, 2.24) is 15.0 Å². The van der Waals surface area contributed by atoms with Crippen molar-refractivity contribution >= 4 is 11.6 Å². The second kappa shape index (κ2) is 10.2. The highest BCUT2D eigenvalue weighted by atomic mass is 16.5. The number of ether oxygens (including phenoxy) is 3. The van der Waals surface area contributed by atoms with Gasteiger partial charge >= 0.3 is 0 Å². The van der Waals surface area contributed by atoms with Crippen molar-refractivity contribution < 1.29 is 19.0 Å². The molecule has 0 saturated carbocycles. The van der Waals surface area contributed by atoms with Crippen LogP contribution in [0.2, 0.25) is 0 Å². The van der Waals surface area contributed by atoms with Gasteiger partial charge in [-0.3, -0.25) is 4.79 Å². The third kappa shape index (κ3) is 5.50. The Labute approximate surface area is 201 Å². The van der Waals surface area contributed by atoms with Crippen LogP contribution in [0, 0.1) is 12.8 Å². The number of hydrogen-bond acceptors (Lipinski definition) is 6. The summed E-state index contributed by atoms with van der Waals surface area (Å²) in [5.41, 5.74) is 3.01. The number of benzene rings is 2. The van der Waals surface area contributed by atoms with E-state index in [0.717, 1.165) is 5.56 Å². The molecule has 1 amide bonds. The minimum atomic E-state index is -0.369. The molecule has 0 unspecified atom stereocenters. The SMILES string of the molecule is COc1ccc(OC)c(-n2nnc(C(=O)Nc3cc(C(C)(C)C)ccc3OCC(C)C)c2C)c1. The maximum atomic E-state index is 13.3. The molecule has 0 saturated heterocycles. The van der Waals surface area contributed by atoms with Gasteiger partial charge in [-0.2, -0.15) is 0 Å². The van der Waals surface area contributed by atoms with E-state index in [1.54, 1.807) is 44.0 Å². The Kier molecular flexibility index (Phi) is 7.49. The van der Waals surface area contributed by atoms with Crippen LogP contribution in [-0.2, 0) is 5.41 Å². The summed E-state index contributed by atoms with van der Waals surface area (Å²) < 4.78 is 18.3. The van der Waals surface area contributed by atoms with Crippen molar-refractivity contribution in [2.45, 2.75) is 47.0 Å². The van der Waals surface area contributed by atoms with Gasteiger partial charge in [0.2, 0.25) is 0 Å². The second-order valence-electron chi connectivity index (χ2n) is 9.59. The highest BCUT2D eigenvalue weighted by Crippen LogP contribution is 2.33. The monoisotopic (exact) mass is 466 g/mol. The van der Waals surface area contributed by atoms with Crippen LogP contribution >= 0.6 is 0 Å². The molecule has 0 aliphatic heterocycles. The number of hydrogen-bond donors (Lipinski definition) is 1. The van der Waals surface area contributed by atoms with E-state index in [1.807, 2.05) is 18.2 Å². The van der Waals surface area contributed by atoms with Gasteiger partial charge in [-0.25, -0.2) is 4.68 Å². The lowest BCUT2D eigenvalue weighted by Crippen LogP contribution is -2.17. The van der Waals surface area contributed by atoms with Crippen LogP contribution in [-0.4, -0.2) is 41.7 Å². The molecule has 0 radical (unpaired) electrons.